The normalized spacial score (nSPS) is 25.2. The van der Waals surface area contributed by atoms with Crippen molar-refractivity contribution in [1.82, 2.24) is 63.0 Å². The van der Waals surface area contributed by atoms with Gasteiger partial charge in [0, 0.05) is 25.6 Å². The highest BCUT2D eigenvalue weighted by Gasteiger charge is 2.45. The Hall–Kier alpha value is -8.78. The van der Waals surface area contributed by atoms with Gasteiger partial charge in [0.2, 0.25) is 70.9 Å². The average Bonchev–Trinajstić information content (AvgIpc) is 1.26. The Balaban J connectivity index is 2.16. The van der Waals surface area contributed by atoms with E-state index in [1.165, 1.54) is 13.8 Å². The number of aliphatic carboxylic acids is 4. The van der Waals surface area contributed by atoms with Gasteiger partial charge in [0.05, 0.1) is 44.3 Å². The number of hydrogen-bond donors (Lipinski definition) is 15. The van der Waals surface area contributed by atoms with Gasteiger partial charge in [0.15, 0.2) is 0 Å². The molecule has 0 aliphatic carbocycles. The maximum Gasteiger partial charge on any atom is 0.308 e. The Morgan fingerprint density at radius 3 is 1.66 bits per heavy atom. The molecule has 3 saturated heterocycles. The summed E-state index contributed by atoms with van der Waals surface area (Å²) >= 11 is 0. The van der Waals surface area contributed by atoms with E-state index in [9.17, 15) is 92.3 Å². The number of allylic oxidation sites excluding steroid dienone is 1. The Kier molecular flexibility index (Phi) is 32.1. The molecule has 0 bridgehead atoms. The largest absolute Gasteiger partial charge is 0.481 e. The number of nitrogens with one attached hydrogen (secondary N) is 10. The van der Waals surface area contributed by atoms with Crippen LogP contribution in [0, 0.1) is 17.8 Å². The van der Waals surface area contributed by atoms with E-state index in [0.717, 1.165) is 55.2 Å². The van der Waals surface area contributed by atoms with Crippen molar-refractivity contribution in [2.24, 2.45) is 23.5 Å². The molecule has 0 aromatic heterocycles. The Morgan fingerprint density at radius 2 is 1.10 bits per heavy atom. The Morgan fingerprint density at radius 1 is 0.576 bits per heavy atom. The second-order valence-corrected chi connectivity index (χ2v) is 24.2. The zero-order valence-corrected chi connectivity index (χ0v) is 53.2. The summed E-state index contributed by atoms with van der Waals surface area (Å²) in [7, 11) is 0. The molecular formula is C59H93N13O20. The molecule has 3 fully saturated rings. The maximum absolute atomic E-state index is 15.2. The molecule has 92 heavy (non-hydrogen) atoms. The molecule has 0 saturated carbocycles. The number of carboxylic acids is 4. The quantitative estimate of drug-likeness (QED) is 0.0358. The predicted octanol–water partition coefficient (Wildman–Crippen LogP) is -3.02. The topological polar surface area (TPSA) is 507 Å². The summed E-state index contributed by atoms with van der Waals surface area (Å²) in [5.41, 5.74) is 6.11. The van der Waals surface area contributed by atoms with E-state index in [0.29, 0.717) is 12.3 Å². The number of unbranched alkanes of at least 4 members (excludes halogenated alkanes) is 5. The van der Waals surface area contributed by atoms with Gasteiger partial charge in [-0.05, 0) is 77.6 Å². The average molecular weight is 1300 g/mol. The van der Waals surface area contributed by atoms with Crippen molar-refractivity contribution in [2.45, 2.75) is 218 Å². The molecule has 12 atom stereocenters. The van der Waals surface area contributed by atoms with Crippen LogP contribution in [0.15, 0.2) is 12.2 Å². The lowest BCUT2D eigenvalue weighted by atomic mass is 9.96. The Bertz CT molecular complexity index is 2720. The van der Waals surface area contributed by atoms with Crippen LogP contribution in [0.4, 0.5) is 0 Å². The first-order valence-electron chi connectivity index (χ1n) is 31.1. The second kappa shape index (κ2) is 38.2. The number of carbonyl (C=O) groups excluding carboxylic acids is 12. The summed E-state index contributed by atoms with van der Waals surface area (Å²) in [6, 6.07) is -18.5. The molecule has 12 unspecified atom stereocenters. The van der Waals surface area contributed by atoms with Crippen molar-refractivity contribution in [2.75, 3.05) is 26.2 Å². The number of nitrogens with two attached hydrogens (primary N) is 1. The number of carboxylic acid groups (broad SMARTS) is 4. The van der Waals surface area contributed by atoms with Crippen molar-refractivity contribution in [1.29, 1.82) is 0 Å². The van der Waals surface area contributed by atoms with Crippen molar-refractivity contribution in [3.05, 3.63) is 12.2 Å². The van der Waals surface area contributed by atoms with Gasteiger partial charge < -0.3 is 89.1 Å². The summed E-state index contributed by atoms with van der Waals surface area (Å²) in [6.07, 6.45) is 7.21. The lowest BCUT2D eigenvalue weighted by Gasteiger charge is -2.39. The highest BCUT2D eigenvalue weighted by Crippen LogP contribution is 2.24. The van der Waals surface area contributed by atoms with E-state index in [4.69, 9.17) is 5.73 Å². The Labute approximate surface area is 532 Å². The van der Waals surface area contributed by atoms with Crippen LogP contribution in [0.25, 0.3) is 0 Å². The highest BCUT2D eigenvalue weighted by atomic mass is 16.4. The first kappa shape index (κ1) is 77.5. The number of amides is 12. The van der Waals surface area contributed by atoms with Crippen LogP contribution >= 0.6 is 0 Å². The van der Waals surface area contributed by atoms with Gasteiger partial charge in [-0.2, -0.15) is 0 Å². The molecule has 16 N–H and O–H groups in total. The molecule has 12 amide bonds. The monoisotopic (exact) mass is 1300 g/mol. The number of piperidine rings is 1. The van der Waals surface area contributed by atoms with Crippen molar-refractivity contribution in [3.8, 4) is 0 Å². The van der Waals surface area contributed by atoms with Gasteiger partial charge in [0.25, 0.3) is 0 Å². The minimum Gasteiger partial charge on any atom is -0.481 e. The SMILES string of the molecule is CC(C)CCCCCCCC=CCC(=O)NC(CC(=O)O)C(=O)NC1C(=O)N2CCCCC2C(=O)NC(C(C)C(=O)O)C(=O)NC(CC(=O)O)C(=O)NCC(=O)NC(CC(=O)O)C(=O)NCC(=O)NC(C(C)N)C(=O)NC(C(C)C)C(=O)N2CCCC2C(=O)NC1C. The molecule has 0 radical (unpaired) electrons. The third kappa shape index (κ3) is 25.5. The third-order valence-electron chi connectivity index (χ3n) is 15.7. The first-order valence-corrected chi connectivity index (χ1v) is 31.1. The fraction of sp³-hybridized carbons (Fsp3) is 0.695. The summed E-state index contributed by atoms with van der Waals surface area (Å²) in [5.74, 6) is -21.9. The zero-order valence-electron chi connectivity index (χ0n) is 53.2. The number of fused-ring (bicyclic) bond motifs is 2. The van der Waals surface area contributed by atoms with Crippen LogP contribution in [0.1, 0.15) is 151 Å². The van der Waals surface area contributed by atoms with Gasteiger partial charge in [-0.1, -0.05) is 72.0 Å². The van der Waals surface area contributed by atoms with E-state index < -0.39 is 205 Å². The zero-order chi connectivity index (χ0) is 69.1. The summed E-state index contributed by atoms with van der Waals surface area (Å²) in [6.45, 7) is 8.70. The molecule has 3 heterocycles. The van der Waals surface area contributed by atoms with Crippen LogP contribution in [0.2, 0.25) is 0 Å². The summed E-state index contributed by atoms with van der Waals surface area (Å²) < 4.78 is 0. The van der Waals surface area contributed by atoms with Crippen LogP contribution < -0.4 is 58.9 Å². The molecule has 33 nitrogen and oxygen atoms in total. The molecule has 0 aromatic carbocycles. The fourth-order valence-corrected chi connectivity index (χ4v) is 10.6. The van der Waals surface area contributed by atoms with Crippen LogP contribution in [-0.2, 0) is 76.7 Å². The molecule has 0 aromatic rings. The van der Waals surface area contributed by atoms with E-state index in [-0.39, 0.29) is 51.6 Å². The molecular weight excluding hydrogens is 1210 g/mol. The standard InChI is InChI=1S/C59H93N13O20/c1-30(2)19-14-12-10-8-9-11-13-15-22-40(73)64-37(27-45(80)81)52(84)70-49-34(7)63-53(85)39-21-18-24-72(39)57(89)46(31(3)4)68-56(88)48(33(6)60)67-42(75)29-62-50(82)35(25-43(76)77)65-41(74)28-61-51(83)36(26-44(78)79)66-55(87)47(32(5)59(91)92)69-54(86)38-20-16-17-23-71(38)58(49)90/h13,15,30-39,46-49H,8-12,14,16-29,60H2,1-7H3,(H,61,83)(H,62,82)(H,63,85)(H,64,73)(H,65,74)(H,66,87)(H,67,75)(H,68,88)(H,69,86)(H,70,84)(H,76,77)(H,78,79)(H,80,81)(H,91,92). The van der Waals surface area contributed by atoms with Crippen LogP contribution in [-0.4, -0.2) is 218 Å². The molecule has 33 heteroatoms. The minimum absolute atomic E-state index is 0.0223. The van der Waals surface area contributed by atoms with Gasteiger partial charge in [-0.25, -0.2) is 0 Å². The molecule has 3 aliphatic heterocycles. The van der Waals surface area contributed by atoms with Gasteiger partial charge in [-0.15, -0.1) is 0 Å². The van der Waals surface area contributed by atoms with Gasteiger partial charge >= 0.3 is 23.9 Å². The lowest BCUT2D eigenvalue weighted by Crippen LogP contribution is -2.66. The summed E-state index contributed by atoms with van der Waals surface area (Å²) in [4.78, 5) is 218. The molecule has 3 aliphatic rings. The van der Waals surface area contributed by atoms with E-state index >= 15 is 4.79 Å². The molecule has 3 rings (SSSR count). The first-order chi connectivity index (χ1) is 43.2. The number of nitrogens with zero attached hydrogens (tertiary/aromatic N) is 2. The second-order valence-electron chi connectivity index (χ2n) is 24.2. The highest BCUT2D eigenvalue weighted by molar-refractivity contribution is 6.01. The van der Waals surface area contributed by atoms with Crippen LogP contribution in [0.3, 0.4) is 0 Å². The fourth-order valence-electron chi connectivity index (χ4n) is 10.6. The minimum atomic E-state index is -2.15. The van der Waals surface area contributed by atoms with Gasteiger partial charge in [-0.3, -0.25) is 76.7 Å². The number of hydrogen-bond acceptors (Lipinski definition) is 17. The summed E-state index contributed by atoms with van der Waals surface area (Å²) in [5, 5.41) is 62.3. The third-order valence-corrected chi connectivity index (χ3v) is 15.7. The predicted molar refractivity (Wildman–Crippen MR) is 324 cm³/mol. The van der Waals surface area contributed by atoms with Crippen molar-refractivity contribution < 1.29 is 97.1 Å². The number of carbonyl (C=O) groups is 16. The molecule has 0 spiro atoms. The van der Waals surface area contributed by atoms with Gasteiger partial charge in [0.1, 0.15) is 54.4 Å². The molecule has 514 valence electrons. The van der Waals surface area contributed by atoms with E-state index in [1.54, 1.807) is 26.0 Å². The maximum atomic E-state index is 15.2. The smallest absolute Gasteiger partial charge is 0.308 e. The van der Waals surface area contributed by atoms with Crippen LogP contribution in [0.5, 0.6) is 0 Å². The van der Waals surface area contributed by atoms with E-state index in [1.807, 2.05) is 10.6 Å². The number of rotatable bonds is 23. The van der Waals surface area contributed by atoms with Crippen molar-refractivity contribution in [3.63, 3.8) is 0 Å². The lowest BCUT2D eigenvalue weighted by molar-refractivity contribution is -0.150. The van der Waals surface area contributed by atoms with E-state index in [2.05, 4.69) is 56.4 Å². The van der Waals surface area contributed by atoms with Crippen molar-refractivity contribution >= 4 is 94.8 Å².